The normalized spacial score (nSPS) is 12.7. The molecule has 0 bridgehead atoms. The zero-order valence-electron chi connectivity index (χ0n) is 9.48. The number of hydrogen-bond acceptors (Lipinski definition) is 2. The van der Waals surface area contributed by atoms with E-state index in [2.05, 4.69) is 36.7 Å². The lowest BCUT2D eigenvalue weighted by atomic mass is 10.00. The van der Waals surface area contributed by atoms with Crippen LogP contribution < -0.4 is 5.73 Å². The standard InChI is InChI=1S/C12H19N3/c1-10(2)12(14)11-5-8-15(9-11)7-4-3-6-13/h5,8-10,12H,3-4,7,14H2,1-2H3. The lowest BCUT2D eigenvalue weighted by Crippen LogP contribution is -2.15. The van der Waals surface area contributed by atoms with Gasteiger partial charge in [-0.3, -0.25) is 0 Å². The van der Waals surface area contributed by atoms with Crippen LogP contribution in [0.15, 0.2) is 18.5 Å². The molecule has 3 heteroatoms. The van der Waals surface area contributed by atoms with Crippen molar-refractivity contribution in [3.63, 3.8) is 0 Å². The summed E-state index contributed by atoms with van der Waals surface area (Å²) in [6.45, 7) is 5.15. The van der Waals surface area contributed by atoms with Crippen LogP contribution in [0, 0.1) is 17.2 Å². The minimum atomic E-state index is 0.113. The molecule has 1 unspecified atom stereocenters. The molecule has 3 nitrogen and oxygen atoms in total. The Bertz CT molecular complexity index is 333. The van der Waals surface area contributed by atoms with E-state index in [1.807, 2.05) is 6.20 Å². The molecule has 1 aromatic rings. The van der Waals surface area contributed by atoms with Gasteiger partial charge in [0.1, 0.15) is 0 Å². The fourth-order valence-electron chi connectivity index (χ4n) is 1.52. The van der Waals surface area contributed by atoms with Gasteiger partial charge in [0.05, 0.1) is 6.07 Å². The van der Waals surface area contributed by atoms with E-state index in [0.717, 1.165) is 13.0 Å². The topological polar surface area (TPSA) is 54.7 Å². The van der Waals surface area contributed by atoms with Gasteiger partial charge in [-0.1, -0.05) is 13.8 Å². The number of rotatable bonds is 5. The van der Waals surface area contributed by atoms with E-state index in [9.17, 15) is 0 Å². The summed E-state index contributed by atoms with van der Waals surface area (Å²) >= 11 is 0. The molecule has 0 aliphatic rings. The average Bonchev–Trinajstić information content (AvgIpc) is 2.65. The number of hydrogen-bond donors (Lipinski definition) is 1. The molecule has 0 saturated carbocycles. The van der Waals surface area contributed by atoms with Gasteiger partial charge in [-0.25, -0.2) is 0 Å². The van der Waals surface area contributed by atoms with Crippen molar-refractivity contribution in [1.82, 2.24) is 4.57 Å². The quantitative estimate of drug-likeness (QED) is 0.751. The first-order valence-electron chi connectivity index (χ1n) is 5.43. The zero-order valence-corrected chi connectivity index (χ0v) is 9.48. The van der Waals surface area contributed by atoms with Crippen LogP contribution in [0.1, 0.15) is 38.3 Å². The Labute approximate surface area is 91.5 Å². The van der Waals surface area contributed by atoms with Crippen LogP contribution in [-0.2, 0) is 6.54 Å². The Morgan fingerprint density at radius 3 is 2.87 bits per heavy atom. The van der Waals surface area contributed by atoms with Gasteiger partial charge in [0.15, 0.2) is 0 Å². The molecule has 15 heavy (non-hydrogen) atoms. The Morgan fingerprint density at radius 2 is 2.27 bits per heavy atom. The molecular formula is C12H19N3. The van der Waals surface area contributed by atoms with E-state index in [-0.39, 0.29) is 6.04 Å². The highest BCUT2D eigenvalue weighted by Gasteiger charge is 2.11. The molecule has 0 radical (unpaired) electrons. The summed E-state index contributed by atoms with van der Waals surface area (Å²) in [5, 5.41) is 8.43. The van der Waals surface area contributed by atoms with Gasteiger partial charge in [0.25, 0.3) is 0 Å². The number of nitrogens with zero attached hydrogens (tertiary/aromatic N) is 2. The molecule has 82 valence electrons. The third kappa shape index (κ3) is 3.41. The average molecular weight is 205 g/mol. The molecular weight excluding hydrogens is 186 g/mol. The van der Waals surface area contributed by atoms with Gasteiger partial charge in [0.2, 0.25) is 0 Å². The summed E-state index contributed by atoms with van der Waals surface area (Å²) in [5.41, 5.74) is 7.22. The Hall–Kier alpha value is -1.27. The molecule has 1 rings (SSSR count). The third-order valence-electron chi connectivity index (χ3n) is 2.58. The summed E-state index contributed by atoms with van der Waals surface area (Å²) in [4.78, 5) is 0. The van der Waals surface area contributed by atoms with Crippen molar-refractivity contribution in [1.29, 1.82) is 5.26 Å². The largest absolute Gasteiger partial charge is 0.354 e. The first kappa shape index (κ1) is 11.8. The summed E-state index contributed by atoms with van der Waals surface area (Å²) in [6, 6.07) is 4.33. The molecule has 0 amide bonds. The van der Waals surface area contributed by atoms with Crippen molar-refractivity contribution in [3.8, 4) is 6.07 Å². The van der Waals surface area contributed by atoms with E-state index < -0.39 is 0 Å². The predicted octanol–water partition coefficient (Wildman–Crippen LogP) is 2.45. The van der Waals surface area contributed by atoms with E-state index in [4.69, 9.17) is 11.0 Å². The molecule has 0 aliphatic carbocycles. The summed E-state index contributed by atoms with van der Waals surface area (Å²) in [7, 11) is 0. The van der Waals surface area contributed by atoms with Crippen molar-refractivity contribution in [2.45, 2.75) is 39.3 Å². The maximum absolute atomic E-state index is 8.43. The second-order valence-electron chi connectivity index (χ2n) is 4.21. The fourth-order valence-corrected chi connectivity index (χ4v) is 1.52. The molecule has 0 fully saturated rings. The molecule has 1 atom stereocenters. The van der Waals surface area contributed by atoms with Gasteiger partial charge in [-0.05, 0) is 24.0 Å². The molecule has 0 aliphatic heterocycles. The third-order valence-corrected chi connectivity index (χ3v) is 2.58. The van der Waals surface area contributed by atoms with Gasteiger partial charge in [-0.2, -0.15) is 5.26 Å². The fraction of sp³-hybridized carbons (Fsp3) is 0.583. The van der Waals surface area contributed by atoms with Crippen LogP contribution in [0.2, 0.25) is 0 Å². The smallest absolute Gasteiger partial charge is 0.0622 e. The SMILES string of the molecule is CC(C)C(N)c1ccn(CCCC#N)c1. The minimum absolute atomic E-state index is 0.113. The number of nitriles is 1. The maximum atomic E-state index is 8.43. The number of aryl methyl sites for hydroxylation is 1. The van der Waals surface area contributed by atoms with E-state index in [1.165, 1.54) is 5.56 Å². The van der Waals surface area contributed by atoms with Crippen molar-refractivity contribution in [2.75, 3.05) is 0 Å². The van der Waals surface area contributed by atoms with Gasteiger partial charge in [-0.15, -0.1) is 0 Å². The summed E-state index contributed by atoms with van der Waals surface area (Å²) in [6.07, 6.45) is 5.64. The number of nitrogens with two attached hydrogens (primary N) is 1. The Balaban J connectivity index is 2.53. The highest BCUT2D eigenvalue weighted by Crippen LogP contribution is 2.18. The molecule has 1 heterocycles. The summed E-state index contributed by atoms with van der Waals surface area (Å²) < 4.78 is 2.11. The first-order valence-corrected chi connectivity index (χ1v) is 5.43. The van der Waals surface area contributed by atoms with Crippen molar-refractivity contribution in [3.05, 3.63) is 24.0 Å². The Kier molecular flexibility index (Phi) is 4.38. The van der Waals surface area contributed by atoms with Gasteiger partial charge in [0, 0.05) is 31.4 Å². The number of unbranched alkanes of at least 4 members (excludes halogenated alkanes) is 1. The van der Waals surface area contributed by atoms with Crippen LogP contribution in [0.4, 0.5) is 0 Å². The molecule has 2 N–H and O–H groups in total. The summed E-state index contributed by atoms with van der Waals surface area (Å²) in [5.74, 6) is 0.458. The van der Waals surface area contributed by atoms with Crippen LogP contribution in [0.3, 0.4) is 0 Å². The van der Waals surface area contributed by atoms with E-state index >= 15 is 0 Å². The molecule has 0 spiro atoms. The predicted molar refractivity (Wildman–Crippen MR) is 61.0 cm³/mol. The first-order chi connectivity index (χ1) is 7.15. The maximum Gasteiger partial charge on any atom is 0.0622 e. The lowest BCUT2D eigenvalue weighted by Gasteiger charge is -2.13. The number of aromatic nitrogens is 1. The Morgan fingerprint density at radius 1 is 1.53 bits per heavy atom. The van der Waals surface area contributed by atoms with Crippen molar-refractivity contribution in [2.24, 2.45) is 11.7 Å². The lowest BCUT2D eigenvalue weighted by molar-refractivity contribution is 0.512. The van der Waals surface area contributed by atoms with Crippen molar-refractivity contribution >= 4 is 0 Å². The van der Waals surface area contributed by atoms with Crippen molar-refractivity contribution < 1.29 is 0 Å². The molecule has 1 aromatic heterocycles. The van der Waals surface area contributed by atoms with E-state index in [1.54, 1.807) is 0 Å². The van der Waals surface area contributed by atoms with Crippen LogP contribution >= 0.6 is 0 Å². The van der Waals surface area contributed by atoms with Crippen LogP contribution in [-0.4, -0.2) is 4.57 Å². The highest BCUT2D eigenvalue weighted by atomic mass is 14.9. The monoisotopic (exact) mass is 205 g/mol. The minimum Gasteiger partial charge on any atom is -0.354 e. The van der Waals surface area contributed by atoms with E-state index in [0.29, 0.717) is 12.3 Å². The van der Waals surface area contributed by atoms with Gasteiger partial charge < -0.3 is 10.3 Å². The van der Waals surface area contributed by atoms with Crippen LogP contribution in [0.25, 0.3) is 0 Å². The highest BCUT2D eigenvalue weighted by molar-refractivity contribution is 5.15. The van der Waals surface area contributed by atoms with Crippen LogP contribution in [0.5, 0.6) is 0 Å². The second-order valence-corrected chi connectivity index (χ2v) is 4.21. The van der Waals surface area contributed by atoms with Gasteiger partial charge >= 0.3 is 0 Å². The molecule has 0 saturated heterocycles. The second kappa shape index (κ2) is 5.57. The molecule has 0 aromatic carbocycles. The zero-order chi connectivity index (χ0) is 11.3.